The molecule has 88 valence electrons. The minimum atomic E-state index is 0.409. The normalized spacial score (nSPS) is 10.2. The molecule has 1 aromatic heterocycles. The Bertz CT molecular complexity index is 514. The Morgan fingerprint density at radius 1 is 1.18 bits per heavy atom. The van der Waals surface area contributed by atoms with E-state index in [2.05, 4.69) is 9.97 Å². The fourth-order valence-electron chi connectivity index (χ4n) is 1.29. The van der Waals surface area contributed by atoms with E-state index in [-0.39, 0.29) is 0 Å². The summed E-state index contributed by atoms with van der Waals surface area (Å²) in [6, 6.07) is 9.36. The summed E-state index contributed by atoms with van der Waals surface area (Å²) in [7, 11) is 0. The van der Waals surface area contributed by atoms with E-state index in [0.29, 0.717) is 16.9 Å². The zero-order valence-electron chi connectivity index (χ0n) is 9.68. The summed E-state index contributed by atoms with van der Waals surface area (Å²) in [6.45, 7) is 2.03. The van der Waals surface area contributed by atoms with Crippen LogP contribution in [0.1, 0.15) is 5.56 Å². The lowest BCUT2D eigenvalue weighted by Crippen LogP contribution is -1.97. The van der Waals surface area contributed by atoms with Crippen LogP contribution in [0.25, 0.3) is 0 Å². The van der Waals surface area contributed by atoms with Crippen LogP contribution in [-0.2, 0) is 0 Å². The second-order valence-electron chi connectivity index (χ2n) is 3.53. The Balaban J connectivity index is 2.23. The first kappa shape index (κ1) is 11.7. The number of hydrogen-bond acceptors (Lipinski definition) is 5. The molecule has 2 aromatic rings. The highest BCUT2D eigenvalue weighted by atomic mass is 32.2. The Hall–Kier alpha value is -1.75. The predicted molar refractivity (Wildman–Crippen MR) is 69.5 cm³/mol. The number of nitrogens with zero attached hydrogens (tertiary/aromatic N) is 2. The van der Waals surface area contributed by atoms with E-state index in [4.69, 9.17) is 10.5 Å². The third kappa shape index (κ3) is 3.10. The smallest absolute Gasteiger partial charge is 0.225 e. The number of thioether (sulfide) groups is 1. The van der Waals surface area contributed by atoms with Gasteiger partial charge in [0.15, 0.2) is 5.16 Å². The monoisotopic (exact) mass is 247 g/mol. The van der Waals surface area contributed by atoms with Gasteiger partial charge in [-0.1, -0.05) is 29.5 Å². The minimum absolute atomic E-state index is 0.409. The number of aromatic nitrogens is 2. The lowest BCUT2D eigenvalue weighted by atomic mass is 10.2. The fraction of sp³-hybridized carbons (Fsp3) is 0.167. The van der Waals surface area contributed by atoms with Crippen LogP contribution in [0.3, 0.4) is 0 Å². The van der Waals surface area contributed by atoms with Crippen LogP contribution in [0, 0.1) is 6.92 Å². The predicted octanol–water partition coefficient (Wildman–Crippen LogP) is 2.88. The number of anilines is 1. The molecule has 4 nitrogen and oxygen atoms in total. The minimum Gasteiger partial charge on any atom is -0.439 e. The lowest BCUT2D eigenvalue weighted by molar-refractivity contribution is 0.456. The Morgan fingerprint density at radius 2 is 1.88 bits per heavy atom. The zero-order chi connectivity index (χ0) is 12.3. The van der Waals surface area contributed by atoms with Crippen molar-refractivity contribution in [2.75, 3.05) is 12.0 Å². The topological polar surface area (TPSA) is 61.0 Å². The highest BCUT2D eigenvalue weighted by Crippen LogP contribution is 2.23. The van der Waals surface area contributed by atoms with Gasteiger partial charge >= 0.3 is 0 Å². The van der Waals surface area contributed by atoms with Crippen LogP contribution in [0.2, 0.25) is 0 Å². The third-order valence-electron chi connectivity index (χ3n) is 2.13. The van der Waals surface area contributed by atoms with Crippen molar-refractivity contribution in [1.82, 2.24) is 9.97 Å². The maximum absolute atomic E-state index is 5.67. The third-order valence-corrected chi connectivity index (χ3v) is 2.68. The van der Waals surface area contributed by atoms with Gasteiger partial charge < -0.3 is 10.5 Å². The van der Waals surface area contributed by atoms with Gasteiger partial charge in [0.2, 0.25) is 5.88 Å². The number of nitrogens with two attached hydrogens (primary N) is 1. The van der Waals surface area contributed by atoms with Crippen molar-refractivity contribution < 1.29 is 4.74 Å². The van der Waals surface area contributed by atoms with Gasteiger partial charge in [-0.2, -0.15) is 4.98 Å². The van der Waals surface area contributed by atoms with Gasteiger partial charge in [-0.15, -0.1) is 0 Å². The molecule has 0 aliphatic rings. The van der Waals surface area contributed by atoms with Crippen LogP contribution in [0.5, 0.6) is 11.6 Å². The highest BCUT2D eigenvalue weighted by Gasteiger charge is 2.03. The quantitative estimate of drug-likeness (QED) is 0.667. The van der Waals surface area contributed by atoms with E-state index in [9.17, 15) is 0 Å². The molecule has 0 spiro atoms. The summed E-state index contributed by atoms with van der Waals surface area (Å²) >= 11 is 1.43. The van der Waals surface area contributed by atoms with E-state index < -0.39 is 0 Å². The van der Waals surface area contributed by atoms with Crippen molar-refractivity contribution in [1.29, 1.82) is 0 Å². The second kappa shape index (κ2) is 5.05. The first-order chi connectivity index (χ1) is 8.17. The van der Waals surface area contributed by atoms with Crippen molar-refractivity contribution in [3.63, 3.8) is 0 Å². The molecule has 17 heavy (non-hydrogen) atoms. The SMILES string of the molecule is CSc1nc(N)cc(Oc2ccc(C)cc2)n1. The van der Waals surface area contributed by atoms with Crippen LogP contribution < -0.4 is 10.5 Å². The molecule has 2 rings (SSSR count). The van der Waals surface area contributed by atoms with E-state index >= 15 is 0 Å². The number of aryl methyl sites for hydroxylation is 1. The molecule has 0 radical (unpaired) electrons. The average molecular weight is 247 g/mol. The van der Waals surface area contributed by atoms with Gasteiger partial charge in [0, 0.05) is 6.07 Å². The highest BCUT2D eigenvalue weighted by molar-refractivity contribution is 7.98. The number of rotatable bonds is 3. The zero-order valence-corrected chi connectivity index (χ0v) is 10.5. The Labute approximate surface area is 104 Å². The summed E-state index contributed by atoms with van der Waals surface area (Å²) in [5.41, 5.74) is 6.85. The van der Waals surface area contributed by atoms with Crippen molar-refractivity contribution in [3.8, 4) is 11.6 Å². The number of hydrogen-bond donors (Lipinski definition) is 1. The first-order valence-electron chi connectivity index (χ1n) is 5.10. The van der Waals surface area contributed by atoms with Gasteiger partial charge in [0.25, 0.3) is 0 Å². The summed E-state index contributed by atoms with van der Waals surface area (Å²) in [4.78, 5) is 8.28. The summed E-state index contributed by atoms with van der Waals surface area (Å²) < 4.78 is 5.61. The molecule has 0 amide bonds. The second-order valence-corrected chi connectivity index (χ2v) is 4.31. The standard InChI is InChI=1S/C12H13N3OS/c1-8-3-5-9(6-4-8)16-11-7-10(13)14-12(15-11)17-2/h3-7H,1-2H3,(H2,13,14,15). The maximum Gasteiger partial charge on any atom is 0.225 e. The van der Waals surface area contributed by atoms with Crippen molar-refractivity contribution in [3.05, 3.63) is 35.9 Å². The molecule has 0 saturated heterocycles. The maximum atomic E-state index is 5.67. The molecule has 1 aromatic carbocycles. The van der Waals surface area contributed by atoms with Gasteiger partial charge in [-0.3, -0.25) is 0 Å². The number of benzene rings is 1. The summed E-state index contributed by atoms with van der Waals surface area (Å²) in [5.74, 6) is 1.61. The lowest BCUT2D eigenvalue weighted by Gasteiger charge is -2.06. The number of ether oxygens (including phenoxy) is 1. The van der Waals surface area contributed by atoms with Crippen molar-refractivity contribution in [2.45, 2.75) is 12.1 Å². The Morgan fingerprint density at radius 3 is 2.53 bits per heavy atom. The largest absolute Gasteiger partial charge is 0.439 e. The average Bonchev–Trinajstić information content (AvgIpc) is 2.31. The van der Waals surface area contributed by atoms with Crippen molar-refractivity contribution in [2.24, 2.45) is 0 Å². The van der Waals surface area contributed by atoms with Crippen LogP contribution in [0.15, 0.2) is 35.5 Å². The van der Waals surface area contributed by atoms with Crippen LogP contribution in [-0.4, -0.2) is 16.2 Å². The molecule has 2 N–H and O–H groups in total. The van der Waals surface area contributed by atoms with Gasteiger partial charge in [-0.25, -0.2) is 4.98 Å². The molecule has 0 aliphatic carbocycles. The van der Waals surface area contributed by atoms with Gasteiger partial charge in [0.05, 0.1) is 0 Å². The molecule has 0 saturated carbocycles. The molecule has 0 fully saturated rings. The molecule has 1 heterocycles. The Kier molecular flexibility index (Phi) is 3.49. The van der Waals surface area contributed by atoms with E-state index in [1.165, 1.54) is 17.3 Å². The van der Waals surface area contributed by atoms with Crippen LogP contribution >= 0.6 is 11.8 Å². The summed E-state index contributed by atoms with van der Waals surface area (Å²) in [6.07, 6.45) is 1.89. The van der Waals surface area contributed by atoms with E-state index in [1.54, 1.807) is 6.07 Å². The van der Waals surface area contributed by atoms with Crippen molar-refractivity contribution >= 4 is 17.6 Å². The molecule has 0 aliphatic heterocycles. The van der Waals surface area contributed by atoms with E-state index in [1.807, 2.05) is 37.4 Å². The molecular weight excluding hydrogens is 234 g/mol. The fourth-order valence-corrected chi connectivity index (χ4v) is 1.67. The van der Waals surface area contributed by atoms with Gasteiger partial charge in [-0.05, 0) is 25.3 Å². The first-order valence-corrected chi connectivity index (χ1v) is 6.33. The van der Waals surface area contributed by atoms with Gasteiger partial charge in [0.1, 0.15) is 11.6 Å². The van der Waals surface area contributed by atoms with E-state index in [0.717, 1.165) is 5.75 Å². The number of nitrogen functional groups attached to an aromatic ring is 1. The van der Waals surface area contributed by atoms with Crippen LogP contribution in [0.4, 0.5) is 5.82 Å². The summed E-state index contributed by atoms with van der Waals surface area (Å²) in [5, 5.41) is 0.604. The molecule has 0 bridgehead atoms. The molecule has 0 atom stereocenters. The molecule has 0 unspecified atom stereocenters. The molecular formula is C12H13N3OS. The molecule has 5 heteroatoms.